The van der Waals surface area contributed by atoms with E-state index in [2.05, 4.69) is 25.6 Å². The van der Waals surface area contributed by atoms with Crippen LogP contribution in [0.2, 0.25) is 0 Å². The van der Waals surface area contributed by atoms with Crippen LogP contribution >= 0.6 is 11.3 Å². The molecule has 1 atom stereocenters. The van der Waals surface area contributed by atoms with Gasteiger partial charge in [-0.1, -0.05) is 18.2 Å². The second-order valence-electron chi connectivity index (χ2n) is 9.42. The van der Waals surface area contributed by atoms with Crippen LogP contribution in [0.25, 0.3) is 10.1 Å². The van der Waals surface area contributed by atoms with E-state index in [4.69, 9.17) is 5.11 Å². The van der Waals surface area contributed by atoms with Crippen LogP contribution in [0.1, 0.15) is 22.5 Å². The summed E-state index contributed by atoms with van der Waals surface area (Å²) in [5, 5.41) is 21.0. The number of carbonyl (C=O) groups excluding carboxylic acids is 1. The molecule has 1 fully saturated rings. The van der Waals surface area contributed by atoms with Crippen LogP contribution in [0.15, 0.2) is 59.5 Å². The van der Waals surface area contributed by atoms with E-state index in [1.165, 1.54) is 16.0 Å². The fraction of sp³-hybridized carbons (Fsp3) is 0.333. The van der Waals surface area contributed by atoms with Gasteiger partial charge < -0.3 is 25.5 Å². The van der Waals surface area contributed by atoms with Crippen molar-refractivity contribution in [3.8, 4) is 0 Å². The van der Waals surface area contributed by atoms with Crippen LogP contribution in [0.4, 0.5) is 23.0 Å². The first-order valence-corrected chi connectivity index (χ1v) is 13.4. The third-order valence-electron chi connectivity index (χ3n) is 6.67. The number of carbonyl (C=O) groups is 1. The van der Waals surface area contributed by atoms with Crippen LogP contribution < -0.4 is 26.0 Å². The molecule has 0 saturated carbocycles. The number of aliphatic hydroxyl groups excluding tert-OH is 1. The number of likely N-dealkylation sites (N-methyl/N-ethyl adjacent to an activating group) is 1. The van der Waals surface area contributed by atoms with Crippen LogP contribution in [-0.4, -0.2) is 65.1 Å². The zero-order valence-electron chi connectivity index (χ0n) is 21.4. The van der Waals surface area contributed by atoms with Crippen LogP contribution in [0.3, 0.4) is 0 Å². The number of rotatable bonds is 8. The summed E-state index contributed by atoms with van der Waals surface area (Å²) in [6.07, 6.45) is 3.47. The van der Waals surface area contributed by atoms with E-state index in [-0.39, 0.29) is 24.1 Å². The van der Waals surface area contributed by atoms with Crippen molar-refractivity contribution in [2.75, 3.05) is 48.4 Å². The Morgan fingerprint density at radius 3 is 2.84 bits per heavy atom. The Labute approximate surface area is 224 Å². The zero-order valence-corrected chi connectivity index (χ0v) is 22.2. The van der Waals surface area contributed by atoms with E-state index in [0.717, 1.165) is 35.2 Å². The average molecular weight is 534 g/mol. The molecule has 1 aliphatic heterocycles. The Hall–Kier alpha value is -3.96. The molecule has 0 aliphatic carbocycles. The maximum absolute atomic E-state index is 13.0. The van der Waals surface area contributed by atoms with Gasteiger partial charge in [-0.25, -0.2) is 9.67 Å². The van der Waals surface area contributed by atoms with E-state index < -0.39 is 0 Å². The normalized spacial score (nSPS) is 15.4. The molecule has 3 aromatic heterocycles. The number of hydrogen-bond acceptors (Lipinski definition) is 9. The molecule has 3 N–H and O–H groups in total. The maximum Gasteiger partial charge on any atom is 0.290 e. The van der Waals surface area contributed by atoms with Crippen molar-refractivity contribution in [3.05, 3.63) is 70.0 Å². The summed E-state index contributed by atoms with van der Waals surface area (Å²) in [5.74, 6) is 1.13. The SMILES string of the molecule is CN(CCO)c1ccc(Nc2cc(N3CCCC(NC(=O)c4cc5ccccc5s4)C3)nn(C)c2=O)nc1. The van der Waals surface area contributed by atoms with E-state index in [1.807, 2.05) is 48.3 Å². The highest BCUT2D eigenvalue weighted by atomic mass is 32.1. The lowest BCUT2D eigenvalue weighted by atomic mass is 10.1. The molecule has 1 unspecified atom stereocenters. The quantitative estimate of drug-likeness (QED) is 0.317. The maximum atomic E-state index is 13.0. The molecule has 4 heterocycles. The van der Waals surface area contributed by atoms with Gasteiger partial charge in [0.2, 0.25) is 0 Å². The third-order valence-corrected chi connectivity index (χ3v) is 7.78. The number of nitrogens with zero attached hydrogens (tertiary/aromatic N) is 5. The molecule has 0 spiro atoms. The van der Waals surface area contributed by atoms with E-state index in [1.54, 1.807) is 25.4 Å². The summed E-state index contributed by atoms with van der Waals surface area (Å²) in [4.78, 5) is 34.9. The van der Waals surface area contributed by atoms with Gasteiger partial charge in [-0.2, -0.15) is 5.10 Å². The van der Waals surface area contributed by atoms with Gasteiger partial charge in [0, 0.05) is 50.5 Å². The molecule has 38 heavy (non-hydrogen) atoms. The first-order valence-electron chi connectivity index (χ1n) is 12.6. The number of aryl methyl sites for hydroxylation is 1. The summed E-state index contributed by atoms with van der Waals surface area (Å²) >= 11 is 1.50. The Kier molecular flexibility index (Phi) is 7.57. The van der Waals surface area contributed by atoms with Crippen molar-refractivity contribution < 1.29 is 9.90 Å². The van der Waals surface area contributed by atoms with Crippen molar-refractivity contribution in [2.24, 2.45) is 7.05 Å². The molecule has 4 aromatic rings. The topological polar surface area (TPSA) is 116 Å². The fourth-order valence-electron chi connectivity index (χ4n) is 4.59. The molecule has 5 rings (SSSR count). The lowest BCUT2D eigenvalue weighted by molar-refractivity contribution is 0.0937. The van der Waals surface area contributed by atoms with Crippen molar-refractivity contribution in [1.82, 2.24) is 20.1 Å². The summed E-state index contributed by atoms with van der Waals surface area (Å²) in [5.41, 5.74) is 0.978. The number of hydrogen-bond donors (Lipinski definition) is 3. The molecule has 10 nitrogen and oxygen atoms in total. The number of pyridine rings is 1. The van der Waals surface area contributed by atoms with Gasteiger partial charge in [-0.15, -0.1) is 11.3 Å². The number of aromatic nitrogens is 3. The van der Waals surface area contributed by atoms with E-state index in [9.17, 15) is 9.59 Å². The first kappa shape index (κ1) is 25.7. The van der Waals surface area contributed by atoms with E-state index in [0.29, 0.717) is 35.3 Å². The lowest BCUT2D eigenvalue weighted by Crippen LogP contribution is -2.48. The molecule has 1 aromatic carbocycles. The zero-order chi connectivity index (χ0) is 26.6. The second kappa shape index (κ2) is 11.2. The monoisotopic (exact) mass is 533 g/mol. The molecule has 1 saturated heterocycles. The molecule has 11 heteroatoms. The number of anilines is 4. The second-order valence-corrected chi connectivity index (χ2v) is 10.5. The van der Waals surface area contributed by atoms with Crippen LogP contribution in [-0.2, 0) is 7.05 Å². The van der Waals surface area contributed by atoms with E-state index >= 15 is 0 Å². The molecular formula is C27H31N7O3S. The molecule has 1 aliphatic rings. The number of piperidine rings is 1. The standard InChI is InChI=1S/C27H31N7O3S/c1-32(12-13-35)20-9-10-24(28-16-20)30-21-15-25(31-33(2)27(21)37)34-11-5-7-19(17-34)29-26(36)23-14-18-6-3-4-8-22(18)38-23/h3-4,6,8-10,14-16,19,35H,5,7,11-13,17H2,1-2H3,(H,28,30)(H,29,36). The van der Waals surface area contributed by atoms with Crippen molar-refractivity contribution >= 4 is 50.3 Å². The van der Waals surface area contributed by atoms with Gasteiger partial charge in [0.05, 0.1) is 23.4 Å². The third kappa shape index (κ3) is 5.63. The van der Waals surface area contributed by atoms with Gasteiger partial charge >= 0.3 is 0 Å². The molecule has 0 radical (unpaired) electrons. The van der Waals surface area contributed by atoms with Gasteiger partial charge in [-0.3, -0.25) is 9.59 Å². The van der Waals surface area contributed by atoms with Gasteiger partial charge in [0.15, 0.2) is 5.82 Å². The Bertz CT molecular complexity index is 1450. The summed E-state index contributed by atoms with van der Waals surface area (Å²) in [6, 6.07) is 15.3. The molecular weight excluding hydrogens is 502 g/mol. The number of nitrogens with one attached hydrogen (secondary N) is 2. The fourth-order valence-corrected chi connectivity index (χ4v) is 5.56. The summed E-state index contributed by atoms with van der Waals surface area (Å²) in [6.45, 7) is 1.94. The minimum absolute atomic E-state index is 0.0259. The number of aliphatic hydroxyl groups is 1. The summed E-state index contributed by atoms with van der Waals surface area (Å²) in [7, 11) is 3.50. The smallest absolute Gasteiger partial charge is 0.290 e. The van der Waals surface area contributed by atoms with Crippen LogP contribution in [0, 0.1) is 0 Å². The Balaban J connectivity index is 1.28. The minimum Gasteiger partial charge on any atom is -0.395 e. The van der Waals surface area contributed by atoms with Crippen molar-refractivity contribution in [1.29, 1.82) is 0 Å². The number of thiophene rings is 1. The predicted octanol–water partition coefficient (Wildman–Crippen LogP) is 2.96. The predicted molar refractivity (Wildman–Crippen MR) is 152 cm³/mol. The van der Waals surface area contributed by atoms with Gasteiger partial charge in [0.1, 0.15) is 11.5 Å². The number of amides is 1. The Morgan fingerprint density at radius 2 is 2.08 bits per heavy atom. The minimum atomic E-state index is -0.261. The highest BCUT2D eigenvalue weighted by Gasteiger charge is 2.24. The lowest BCUT2D eigenvalue weighted by Gasteiger charge is -2.34. The Morgan fingerprint density at radius 1 is 1.24 bits per heavy atom. The molecule has 1 amide bonds. The summed E-state index contributed by atoms with van der Waals surface area (Å²) < 4.78 is 2.42. The average Bonchev–Trinajstić information content (AvgIpc) is 3.37. The van der Waals surface area contributed by atoms with Gasteiger partial charge in [-0.05, 0) is 42.5 Å². The number of benzene rings is 1. The molecule has 0 bridgehead atoms. The largest absolute Gasteiger partial charge is 0.395 e. The van der Waals surface area contributed by atoms with Gasteiger partial charge in [0.25, 0.3) is 11.5 Å². The first-order chi connectivity index (χ1) is 18.4. The highest BCUT2D eigenvalue weighted by Crippen LogP contribution is 2.26. The number of fused-ring (bicyclic) bond motifs is 1. The molecule has 198 valence electrons. The van der Waals surface area contributed by atoms with Crippen molar-refractivity contribution in [2.45, 2.75) is 18.9 Å². The van der Waals surface area contributed by atoms with Crippen LogP contribution in [0.5, 0.6) is 0 Å². The highest BCUT2D eigenvalue weighted by molar-refractivity contribution is 7.20. The van der Waals surface area contributed by atoms with Crippen molar-refractivity contribution in [3.63, 3.8) is 0 Å².